The molecule has 0 saturated carbocycles. The molecule has 0 aliphatic heterocycles. The summed E-state index contributed by atoms with van der Waals surface area (Å²) in [7, 11) is 0. The Balaban J connectivity index is 1.49. The molecule has 35 heavy (non-hydrogen) atoms. The summed E-state index contributed by atoms with van der Waals surface area (Å²) in [5.74, 6) is 0.605. The Morgan fingerprint density at radius 2 is 1.94 bits per heavy atom. The molecule has 0 aliphatic carbocycles. The molecule has 0 bridgehead atoms. The molecular formula is C27H29ClN4O3. The lowest BCUT2D eigenvalue weighted by molar-refractivity contribution is 0.0487. The maximum Gasteiger partial charge on any atom is 0.408 e. The van der Waals surface area contributed by atoms with E-state index in [2.05, 4.69) is 26.6 Å². The Morgan fingerprint density at radius 3 is 2.71 bits per heavy atom. The minimum absolute atomic E-state index is 0.233. The van der Waals surface area contributed by atoms with E-state index >= 15 is 0 Å². The Hall–Kier alpha value is -3.58. The van der Waals surface area contributed by atoms with Crippen molar-refractivity contribution in [3.63, 3.8) is 0 Å². The number of fused-ring (bicyclic) bond motifs is 1. The number of hydrogen-bond donors (Lipinski definition) is 2. The highest BCUT2D eigenvalue weighted by molar-refractivity contribution is 6.30. The molecule has 182 valence electrons. The van der Waals surface area contributed by atoms with Crippen LogP contribution in [0.2, 0.25) is 5.02 Å². The van der Waals surface area contributed by atoms with Crippen molar-refractivity contribution in [3.05, 3.63) is 77.2 Å². The van der Waals surface area contributed by atoms with E-state index in [0.717, 1.165) is 33.3 Å². The van der Waals surface area contributed by atoms with Crippen LogP contribution in [0.15, 0.2) is 60.9 Å². The third kappa shape index (κ3) is 6.73. The van der Waals surface area contributed by atoms with Gasteiger partial charge in [0.25, 0.3) is 0 Å². The number of nitrogens with zero attached hydrogens (tertiary/aromatic N) is 2. The van der Waals surface area contributed by atoms with Crippen molar-refractivity contribution in [2.45, 2.75) is 45.8 Å². The molecule has 0 fully saturated rings. The summed E-state index contributed by atoms with van der Waals surface area (Å²) >= 11 is 6.15. The summed E-state index contributed by atoms with van der Waals surface area (Å²) in [5, 5.41) is 11.9. The van der Waals surface area contributed by atoms with E-state index < -0.39 is 11.7 Å². The Bertz CT molecular complexity index is 1330. The van der Waals surface area contributed by atoms with Crippen molar-refractivity contribution in [1.29, 1.82) is 0 Å². The monoisotopic (exact) mass is 492 g/mol. The normalized spacial score (nSPS) is 12.4. The molecule has 1 amide bonds. The van der Waals surface area contributed by atoms with Crippen molar-refractivity contribution in [3.8, 4) is 16.9 Å². The highest BCUT2D eigenvalue weighted by atomic mass is 35.5. The number of amides is 1. The quantitative estimate of drug-likeness (QED) is 0.325. The van der Waals surface area contributed by atoms with E-state index in [1.54, 1.807) is 12.4 Å². The Labute approximate surface area is 209 Å². The maximum atomic E-state index is 12.5. The van der Waals surface area contributed by atoms with Gasteiger partial charge in [0.15, 0.2) is 0 Å². The van der Waals surface area contributed by atoms with Crippen LogP contribution in [0.1, 0.15) is 32.0 Å². The summed E-state index contributed by atoms with van der Waals surface area (Å²) in [6, 6.07) is 15.2. The first kappa shape index (κ1) is 24.5. The van der Waals surface area contributed by atoms with Crippen molar-refractivity contribution in [1.82, 2.24) is 20.5 Å². The molecule has 0 saturated heterocycles. The molecule has 8 heteroatoms. The number of rotatable bonds is 7. The van der Waals surface area contributed by atoms with E-state index in [1.165, 1.54) is 0 Å². The largest absolute Gasteiger partial charge is 0.490 e. The van der Waals surface area contributed by atoms with E-state index in [4.69, 9.17) is 21.1 Å². The number of pyridine rings is 1. The number of benzene rings is 2. The summed E-state index contributed by atoms with van der Waals surface area (Å²) < 4.78 is 11.5. The van der Waals surface area contributed by atoms with Crippen LogP contribution >= 0.6 is 11.6 Å². The molecule has 0 aliphatic rings. The standard InChI is InChI=1S/C27H29ClN4O3/c1-17-24-13-19(8-9-25(24)32-31-17)20-12-23(15-29-14-20)34-16-22(30-26(33)35-27(2,3)4)11-18-6-5-7-21(28)10-18/h5-10,12-15,22H,11,16H2,1-4H3,(H,30,33)(H,31,32)/t22-/m0/s1. The van der Waals surface area contributed by atoms with E-state index in [0.29, 0.717) is 17.2 Å². The highest BCUT2D eigenvalue weighted by Crippen LogP contribution is 2.27. The van der Waals surface area contributed by atoms with Gasteiger partial charge in [-0.3, -0.25) is 10.1 Å². The minimum Gasteiger partial charge on any atom is -0.490 e. The number of aromatic nitrogens is 3. The minimum atomic E-state index is -0.599. The summed E-state index contributed by atoms with van der Waals surface area (Å²) in [6.07, 6.45) is 3.49. The lowest BCUT2D eigenvalue weighted by atomic mass is 10.0. The number of carbonyl (C=O) groups excluding carboxylic acids is 1. The van der Waals surface area contributed by atoms with Crippen LogP contribution in [0, 0.1) is 6.92 Å². The fraction of sp³-hybridized carbons (Fsp3) is 0.296. The van der Waals surface area contributed by atoms with Crippen LogP contribution in [-0.2, 0) is 11.2 Å². The number of hydrogen-bond acceptors (Lipinski definition) is 5. The average Bonchev–Trinajstić information content (AvgIpc) is 3.16. The lowest BCUT2D eigenvalue weighted by Crippen LogP contribution is -2.43. The van der Waals surface area contributed by atoms with Crippen LogP contribution in [0.4, 0.5) is 4.79 Å². The smallest absolute Gasteiger partial charge is 0.408 e. The van der Waals surface area contributed by atoms with Gasteiger partial charge in [-0.15, -0.1) is 0 Å². The topological polar surface area (TPSA) is 89.1 Å². The van der Waals surface area contributed by atoms with Gasteiger partial charge in [-0.2, -0.15) is 5.10 Å². The summed E-state index contributed by atoms with van der Waals surface area (Å²) in [6.45, 7) is 7.71. The summed E-state index contributed by atoms with van der Waals surface area (Å²) in [5.41, 5.74) is 4.26. The molecule has 2 aromatic heterocycles. The number of halogens is 1. The second-order valence-electron chi connectivity index (χ2n) is 9.48. The summed E-state index contributed by atoms with van der Waals surface area (Å²) in [4.78, 5) is 16.8. The van der Waals surface area contributed by atoms with Gasteiger partial charge in [0.05, 0.1) is 17.8 Å². The first-order chi connectivity index (χ1) is 16.7. The third-order valence-electron chi connectivity index (χ3n) is 5.33. The number of alkyl carbamates (subject to hydrolysis) is 1. The average molecular weight is 493 g/mol. The first-order valence-electron chi connectivity index (χ1n) is 11.4. The molecule has 7 nitrogen and oxygen atoms in total. The van der Waals surface area contributed by atoms with Crippen molar-refractivity contribution < 1.29 is 14.3 Å². The molecule has 2 N–H and O–H groups in total. The van der Waals surface area contributed by atoms with Crippen molar-refractivity contribution >= 4 is 28.6 Å². The second kappa shape index (κ2) is 10.4. The maximum absolute atomic E-state index is 12.5. The molecule has 4 rings (SSSR count). The molecule has 0 unspecified atom stereocenters. The van der Waals surface area contributed by atoms with Crippen LogP contribution in [0.3, 0.4) is 0 Å². The van der Waals surface area contributed by atoms with Crippen molar-refractivity contribution in [2.24, 2.45) is 0 Å². The van der Waals surface area contributed by atoms with E-state index in [1.807, 2.05) is 70.2 Å². The first-order valence-corrected chi connectivity index (χ1v) is 11.8. The Kier molecular flexibility index (Phi) is 7.26. The number of aryl methyl sites for hydroxylation is 1. The molecular weight excluding hydrogens is 464 g/mol. The van der Waals surface area contributed by atoms with Gasteiger partial charge in [-0.25, -0.2) is 4.79 Å². The van der Waals surface area contributed by atoms with E-state index in [-0.39, 0.29) is 12.6 Å². The number of carbonyl (C=O) groups is 1. The fourth-order valence-corrected chi connectivity index (χ4v) is 3.96. The van der Waals surface area contributed by atoms with Gasteiger partial charge in [0.1, 0.15) is 18.0 Å². The highest BCUT2D eigenvalue weighted by Gasteiger charge is 2.20. The van der Waals surface area contributed by atoms with Gasteiger partial charge in [-0.1, -0.05) is 29.8 Å². The molecule has 2 aromatic carbocycles. The SMILES string of the molecule is Cc1[nH]nc2ccc(-c3cncc(OC[C@H](Cc4cccc(Cl)c4)NC(=O)OC(C)(C)C)c3)cc12. The van der Waals surface area contributed by atoms with Gasteiger partial charge < -0.3 is 14.8 Å². The molecule has 0 radical (unpaired) electrons. The van der Waals surface area contributed by atoms with Crippen LogP contribution in [0.5, 0.6) is 5.75 Å². The van der Waals surface area contributed by atoms with Crippen LogP contribution < -0.4 is 10.1 Å². The third-order valence-corrected chi connectivity index (χ3v) is 5.57. The lowest BCUT2D eigenvalue weighted by Gasteiger charge is -2.24. The van der Waals surface area contributed by atoms with Gasteiger partial charge >= 0.3 is 6.09 Å². The number of nitrogens with one attached hydrogen (secondary N) is 2. The predicted molar refractivity (Wildman–Crippen MR) is 138 cm³/mol. The second-order valence-corrected chi connectivity index (χ2v) is 9.91. The van der Waals surface area contributed by atoms with Crippen LogP contribution in [-0.4, -0.2) is 39.5 Å². The number of aromatic amines is 1. The Morgan fingerprint density at radius 1 is 1.11 bits per heavy atom. The van der Waals surface area contributed by atoms with Gasteiger partial charge in [0, 0.05) is 27.9 Å². The van der Waals surface area contributed by atoms with Gasteiger partial charge in [-0.05, 0) is 75.6 Å². The van der Waals surface area contributed by atoms with Crippen molar-refractivity contribution in [2.75, 3.05) is 6.61 Å². The van der Waals surface area contributed by atoms with E-state index in [9.17, 15) is 4.79 Å². The molecule has 4 aromatic rings. The predicted octanol–water partition coefficient (Wildman–Crippen LogP) is 6.10. The molecule has 0 spiro atoms. The zero-order chi connectivity index (χ0) is 25.0. The zero-order valence-corrected chi connectivity index (χ0v) is 21.0. The zero-order valence-electron chi connectivity index (χ0n) is 20.3. The number of H-pyrrole nitrogens is 1. The van der Waals surface area contributed by atoms with Crippen LogP contribution in [0.25, 0.3) is 22.0 Å². The molecule has 2 heterocycles. The van der Waals surface area contributed by atoms with Gasteiger partial charge in [0.2, 0.25) is 0 Å². The molecule has 1 atom stereocenters. The number of ether oxygens (including phenoxy) is 2. The fourth-order valence-electron chi connectivity index (χ4n) is 3.74.